The SMILES string of the molecule is CNC(=O)CN1CCc2ncncc2C1. The van der Waals surface area contributed by atoms with Crippen LogP contribution >= 0.6 is 0 Å². The first-order valence-corrected chi connectivity index (χ1v) is 5.00. The third kappa shape index (κ3) is 2.30. The molecule has 0 radical (unpaired) electrons. The molecule has 0 unspecified atom stereocenters. The summed E-state index contributed by atoms with van der Waals surface area (Å²) in [5.41, 5.74) is 2.24. The lowest BCUT2D eigenvalue weighted by atomic mass is 10.1. The lowest BCUT2D eigenvalue weighted by Crippen LogP contribution is -2.39. The normalized spacial score (nSPS) is 15.8. The van der Waals surface area contributed by atoms with Gasteiger partial charge in [-0.2, -0.15) is 0 Å². The fourth-order valence-corrected chi connectivity index (χ4v) is 1.74. The van der Waals surface area contributed by atoms with Gasteiger partial charge in [-0.25, -0.2) is 9.97 Å². The first-order chi connectivity index (χ1) is 7.29. The molecule has 0 saturated heterocycles. The molecular formula is C10H14N4O. The lowest BCUT2D eigenvalue weighted by molar-refractivity contribution is -0.121. The van der Waals surface area contributed by atoms with Crippen LogP contribution in [0.1, 0.15) is 11.3 Å². The van der Waals surface area contributed by atoms with Gasteiger partial charge in [0, 0.05) is 44.0 Å². The van der Waals surface area contributed by atoms with Gasteiger partial charge in [0.15, 0.2) is 0 Å². The molecule has 0 bridgehead atoms. The third-order valence-corrected chi connectivity index (χ3v) is 2.59. The highest BCUT2D eigenvalue weighted by atomic mass is 16.1. The van der Waals surface area contributed by atoms with Crippen molar-refractivity contribution < 1.29 is 4.79 Å². The van der Waals surface area contributed by atoms with Gasteiger partial charge in [0.05, 0.1) is 6.54 Å². The van der Waals surface area contributed by atoms with Gasteiger partial charge < -0.3 is 5.32 Å². The summed E-state index contributed by atoms with van der Waals surface area (Å²) >= 11 is 0. The molecule has 1 aliphatic heterocycles. The van der Waals surface area contributed by atoms with Crippen molar-refractivity contribution in [1.82, 2.24) is 20.2 Å². The number of nitrogens with zero attached hydrogens (tertiary/aromatic N) is 3. The smallest absolute Gasteiger partial charge is 0.233 e. The monoisotopic (exact) mass is 206 g/mol. The zero-order valence-electron chi connectivity index (χ0n) is 8.73. The first kappa shape index (κ1) is 10.0. The van der Waals surface area contributed by atoms with Crippen molar-refractivity contribution in [2.24, 2.45) is 0 Å². The van der Waals surface area contributed by atoms with Crippen LogP contribution in [0.5, 0.6) is 0 Å². The Kier molecular flexibility index (Phi) is 2.91. The molecular weight excluding hydrogens is 192 g/mol. The van der Waals surface area contributed by atoms with E-state index < -0.39 is 0 Å². The van der Waals surface area contributed by atoms with Crippen LogP contribution in [0.3, 0.4) is 0 Å². The summed E-state index contributed by atoms with van der Waals surface area (Å²) in [6, 6.07) is 0. The van der Waals surface area contributed by atoms with E-state index in [0.717, 1.165) is 30.8 Å². The Morgan fingerprint density at radius 1 is 1.67 bits per heavy atom. The van der Waals surface area contributed by atoms with E-state index in [9.17, 15) is 4.79 Å². The van der Waals surface area contributed by atoms with Gasteiger partial charge in [-0.05, 0) is 0 Å². The van der Waals surface area contributed by atoms with Crippen LogP contribution in [0.4, 0.5) is 0 Å². The summed E-state index contributed by atoms with van der Waals surface area (Å²) in [5.74, 6) is 0.0512. The molecule has 0 saturated carbocycles. The Balaban J connectivity index is 2.02. The fourth-order valence-electron chi connectivity index (χ4n) is 1.74. The number of carbonyl (C=O) groups excluding carboxylic acids is 1. The van der Waals surface area contributed by atoms with Crippen molar-refractivity contribution >= 4 is 5.91 Å². The number of likely N-dealkylation sites (N-methyl/N-ethyl adjacent to an activating group) is 1. The van der Waals surface area contributed by atoms with Crippen molar-refractivity contribution in [3.63, 3.8) is 0 Å². The molecule has 80 valence electrons. The van der Waals surface area contributed by atoms with Crippen LogP contribution in [0.25, 0.3) is 0 Å². The molecule has 0 atom stereocenters. The van der Waals surface area contributed by atoms with Gasteiger partial charge in [-0.1, -0.05) is 0 Å². The largest absolute Gasteiger partial charge is 0.358 e. The third-order valence-electron chi connectivity index (χ3n) is 2.59. The average Bonchev–Trinajstić information content (AvgIpc) is 2.29. The summed E-state index contributed by atoms with van der Waals surface area (Å²) < 4.78 is 0. The van der Waals surface area contributed by atoms with Crippen LogP contribution in [0, 0.1) is 0 Å². The van der Waals surface area contributed by atoms with E-state index >= 15 is 0 Å². The van der Waals surface area contributed by atoms with Gasteiger partial charge in [-0.15, -0.1) is 0 Å². The van der Waals surface area contributed by atoms with E-state index in [4.69, 9.17) is 0 Å². The quantitative estimate of drug-likeness (QED) is 0.714. The van der Waals surface area contributed by atoms with Gasteiger partial charge in [0.1, 0.15) is 6.33 Å². The van der Waals surface area contributed by atoms with Crippen molar-refractivity contribution in [2.75, 3.05) is 20.1 Å². The molecule has 5 heteroatoms. The van der Waals surface area contributed by atoms with Crippen LogP contribution in [-0.4, -0.2) is 40.9 Å². The minimum Gasteiger partial charge on any atom is -0.358 e. The maximum atomic E-state index is 11.2. The zero-order chi connectivity index (χ0) is 10.7. The Labute approximate surface area is 88.5 Å². The van der Waals surface area contributed by atoms with Gasteiger partial charge >= 0.3 is 0 Å². The first-order valence-electron chi connectivity index (χ1n) is 5.00. The van der Waals surface area contributed by atoms with Gasteiger partial charge in [-0.3, -0.25) is 9.69 Å². The second-order valence-corrected chi connectivity index (χ2v) is 3.63. The summed E-state index contributed by atoms with van der Waals surface area (Å²) in [7, 11) is 1.66. The standard InChI is InChI=1S/C10H14N4O/c1-11-10(15)6-14-3-2-9-8(5-14)4-12-7-13-9/h4,7H,2-3,5-6H2,1H3,(H,11,15). The molecule has 0 aromatic carbocycles. The summed E-state index contributed by atoms with van der Waals surface area (Å²) in [5, 5.41) is 2.62. The van der Waals surface area contributed by atoms with E-state index in [2.05, 4.69) is 20.2 Å². The van der Waals surface area contributed by atoms with Gasteiger partial charge in [0.25, 0.3) is 0 Å². The number of hydrogen-bond acceptors (Lipinski definition) is 4. The summed E-state index contributed by atoms with van der Waals surface area (Å²) in [4.78, 5) is 21.5. The van der Waals surface area contributed by atoms with Gasteiger partial charge in [0.2, 0.25) is 5.91 Å². The molecule has 0 spiro atoms. The van der Waals surface area contributed by atoms with E-state index in [1.807, 2.05) is 6.20 Å². The van der Waals surface area contributed by atoms with E-state index in [1.165, 1.54) is 0 Å². The molecule has 2 rings (SSSR count). The molecule has 0 aliphatic carbocycles. The molecule has 15 heavy (non-hydrogen) atoms. The predicted molar refractivity (Wildman–Crippen MR) is 55.1 cm³/mol. The topological polar surface area (TPSA) is 58.1 Å². The summed E-state index contributed by atoms with van der Waals surface area (Å²) in [6.07, 6.45) is 4.31. The van der Waals surface area contributed by atoms with E-state index in [1.54, 1.807) is 13.4 Å². The highest BCUT2D eigenvalue weighted by molar-refractivity contribution is 5.77. The van der Waals surface area contributed by atoms with Crippen molar-refractivity contribution in [2.45, 2.75) is 13.0 Å². The van der Waals surface area contributed by atoms with E-state index in [-0.39, 0.29) is 5.91 Å². The lowest BCUT2D eigenvalue weighted by Gasteiger charge is -2.26. The van der Waals surface area contributed by atoms with Crippen molar-refractivity contribution in [3.8, 4) is 0 Å². The number of aromatic nitrogens is 2. The van der Waals surface area contributed by atoms with Crippen LogP contribution in [0.15, 0.2) is 12.5 Å². The highest BCUT2D eigenvalue weighted by Gasteiger charge is 2.18. The Bertz CT molecular complexity index is 366. The second kappa shape index (κ2) is 4.35. The number of carbonyl (C=O) groups is 1. The number of nitrogens with one attached hydrogen (secondary N) is 1. The molecule has 1 N–H and O–H groups in total. The molecule has 5 nitrogen and oxygen atoms in total. The molecule has 2 heterocycles. The summed E-state index contributed by atoms with van der Waals surface area (Å²) in [6.45, 7) is 2.10. The maximum Gasteiger partial charge on any atom is 0.233 e. The Morgan fingerprint density at radius 3 is 3.33 bits per heavy atom. The minimum absolute atomic E-state index is 0.0512. The minimum atomic E-state index is 0.0512. The molecule has 1 aromatic heterocycles. The number of amides is 1. The second-order valence-electron chi connectivity index (χ2n) is 3.63. The number of rotatable bonds is 2. The maximum absolute atomic E-state index is 11.2. The van der Waals surface area contributed by atoms with Crippen LogP contribution in [-0.2, 0) is 17.8 Å². The molecule has 0 fully saturated rings. The Morgan fingerprint density at radius 2 is 2.53 bits per heavy atom. The molecule has 1 aromatic rings. The predicted octanol–water partition coefficient (Wildman–Crippen LogP) is -0.419. The van der Waals surface area contributed by atoms with Crippen LogP contribution < -0.4 is 5.32 Å². The van der Waals surface area contributed by atoms with Crippen LogP contribution in [0.2, 0.25) is 0 Å². The van der Waals surface area contributed by atoms with Crippen molar-refractivity contribution in [1.29, 1.82) is 0 Å². The zero-order valence-corrected chi connectivity index (χ0v) is 8.73. The molecule has 1 aliphatic rings. The number of fused-ring (bicyclic) bond motifs is 1. The number of hydrogen-bond donors (Lipinski definition) is 1. The molecule has 1 amide bonds. The fraction of sp³-hybridized carbons (Fsp3) is 0.500. The Hall–Kier alpha value is -1.49. The average molecular weight is 206 g/mol. The van der Waals surface area contributed by atoms with E-state index in [0.29, 0.717) is 6.54 Å². The van der Waals surface area contributed by atoms with Crippen molar-refractivity contribution in [3.05, 3.63) is 23.8 Å². The highest BCUT2D eigenvalue weighted by Crippen LogP contribution is 2.14.